The maximum absolute atomic E-state index is 5.39. The highest BCUT2D eigenvalue weighted by molar-refractivity contribution is 7.26. The number of rotatable bonds is 5. The average Bonchev–Trinajstić information content (AvgIpc) is 3.74. The van der Waals surface area contributed by atoms with Crippen LogP contribution in [0.4, 0.5) is 0 Å². The number of benzene rings is 7. The van der Waals surface area contributed by atoms with Gasteiger partial charge >= 0.3 is 0 Å². The lowest BCUT2D eigenvalue weighted by molar-refractivity contribution is 1.17. The van der Waals surface area contributed by atoms with Gasteiger partial charge in [0, 0.05) is 37.7 Å². The highest BCUT2D eigenvalue weighted by Crippen LogP contribution is 2.45. The fraction of sp³-hybridized carbons (Fsp3) is 0. The number of hydrogen-bond acceptors (Lipinski definition) is 3. The van der Waals surface area contributed by atoms with Gasteiger partial charge in [-0.3, -0.25) is 0 Å². The van der Waals surface area contributed by atoms with E-state index in [9.17, 15) is 0 Å². The van der Waals surface area contributed by atoms with Crippen LogP contribution in [0.25, 0.3) is 92.7 Å². The maximum Gasteiger partial charge on any atom is 0.160 e. The lowest BCUT2D eigenvalue weighted by atomic mass is 9.95. The number of nitrogens with zero attached hydrogens (tertiary/aromatic N) is 3. The third kappa shape index (κ3) is 4.65. The normalized spacial score (nSPS) is 11.6. The predicted molar refractivity (Wildman–Crippen MR) is 211 cm³/mol. The van der Waals surface area contributed by atoms with E-state index in [4.69, 9.17) is 9.97 Å². The van der Waals surface area contributed by atoms with Crippen LogP contribution in [0.2, 0.25) is 0 Å². The van der Waals surface area contributed by atoms with E-state index in [1.165, 1.54) is 54.1 Å². The Bertz CT molecular complexity index is 2780. The van der Waals surface area contributed by atoms with E-state index in [0.717, 1.165) is 38.5 Å². The van der Waals surface area contributed by atoms with Gasteiger partial charge in [0.2, 0.25) is 0 Å². The number of para-hydroxylation sites is 2. The fourth-order valence-corrected chi connectivity index (χ4v) is 8.51. The molecule has 50 heavy (non-hydrogen) atoms. The van der Waals surface area contributed by atoms with Crippen LogP contribution in [0.5, 0.6) is 0 Å². The topological polar surface area (TPSA) is 30.7 Å². The van der Waals surface area contributed by atoms with Crippen LogP contribution in [0.15, 0.2) is 176 Å². The summed E-state index contributed by atoms with van der Waals surface area (Å²) >= 11 is 1.78. The van der Waals surface area contributed by atoms with Gasteiger partial charge in [-0.1, -0.05) is 127 Å². The van der Waals surface area contributed by atoms with Crippen molar-refractivity contribution >= 4 is 53.4 Å². The highest BCUT2D eigenvalue weighted by atomic mass is 32.1. The van der Waals surface area contributed by atoms with Crippen LogP contribution in [0.3, 0.4) is 0 Å². The summed E-state index contributed by atoms with van der Waals surface area (Å²) in [5.41, 5.74) is 12.2. The Hall–Kier alpha value is -6.36. The molecule has 0 bridgehead atoms. The van der Waals surface area contributed by atoms with Crippen molar-refractivity contribution in [2.24, 2.45) is 0 Å². The first-order chi connectivity index (χ1) is 24.8. The van der Waals surface area contributed by atoms with Crippen molar-refractivity contribution in [2.75, 3.05) is 0 Å². The first-order valence-corrected chi connectivity index (χ1v) is 17.7. The van der Waals surface area contributed by atoms with Crippen molar-refractivity contribution in [3.8, 4) is 50.6 Å². The lowest BCUT2D eigenvalue weighted by Gasteiger charge is -2.11. The first kappa shape index (κ1) is 28.6. The third-order valence-electron chi connectivity index (χ3n) is 9.62. The molecule has 0 spiro atoms. The third-order valence-corrected chi connectivity index (χ3v) is 10.8. The molecule has 0 aliphatic rings. The second-order valence-electron chi connectivity index (χ2n) is 12.6. The molecule has 3 aromatic heterocycles. The molecule has 3 heterocycles. The standard InChI is InChI=1S/C46H29N3S/c1-4-14-30(15-5-1)34-28-38(31-16-6-2-7-17-31)42-41(29-34)50-45-43(32-18-8-3-9-19-32)47-46(48-44(42)45)33-24-26-35(27-25-33)49-39-22-12-10-20-36(39)37-21-11-13-23-40(37)49/h1-29H. The molecule has 3 nitrogen and oxygen atoms in total. The minimum Gasteiger partial charge on any atom is -0.309 e. The van der Waals surface area contributed by atoms with Gasteiger partial charge in [0.1, 0.15) is 0 Å². The molecule has 0 amide bonds. The van der Waals surface area contributed by atoms with Crippen LogP contribution in [0.1, 0.15) is 0 Å². The van der Waals surface area contributed by atoms with Crippen molar-refractivity contribution in [1.82, 2.24) is 14.5 Å². The number of fused-ring (bicyclic) bond motifs is 6. The van der Waals surface area contributed by atoms with Gasteiger partial charge in [-0.15, -0.1) is 11.3 Å². The molecule has 0 saturated heterocycles. The Labute approximate surface area is 293 Å². The van der Waals surface area contributed by atoms with Gasteiger partial charge in [-0.2, -0.15) is 0 Å². The number of thiophene rings is 1. The van der Waals surface area contributed by atoms with E-state index >= 15 is 0 Å². The van der Waals surface area contributed by atoms with Gasteiger partial charge in [0.05, 0.1) is 26.9 Å². The van der Waals surface area contributed by atoms with Crippen molar-refractivity contribution < 1.29 is 0 Å². The Morgan fingerprint density at radius 2 is 1.00 bits per heavy atom. The van der Waals surface area contributed by atoms with Gasteiger partial charge in [-0.25, -0.2) is 9.97 Å². The van der Waals surface area contributed by atoms with Crippen LogP contribution in [-0.2, 0) is 0 Å². The lowest BCUT2D eigenvalue weighted by Crippen LogP contribution is -1.96. The zero-order chi connectivity index (χ0) is 33.0. The summed E-state index contributed by atoms with van der Waals surface area (Å²) in [5.74, 6) is 0.718. The second-order valence-corrected chi connectivity index (χ2v) is 13.6. The molecule has 0 unspecified atom stereocenters. The minimum absolute atomic E-state index is 0.718. The summed E-state index contributed by atoms with van der Waals surface area (Å²) in [6, 6.07) is 62.4. The summed E-state index contributed by atoms with van der Waals surface area (Å²) < 4.78 is 4.64. The van der Waals surface area contributed by atoms with E-state index in [2.05, 4.69) is 180 Å². The average molecular weight is 656 g/mol. The van der Waals surface area contributed by atoms with E-state index in [1.807, 2.05) is 0 Å². The monoisotopic (exact) mass is 655 g/mol. The highest BCUT2D eigenvalue weighted by Gasteiger charge is 2.21. The van der Waals surface area contributed by atoms with Crippen molar-refractivity contribution in [2.45, 2.75) is 0 Å². The molecular formula is C46H29N3S. The molecule has 10 rings (SSSR count). The maximum atomic E-state index is 5.39. The van der Waals surface area contributed by atoms with Gasteiger partial charge in [0.15, 0.2) is 5.82 Å². The van der Waals surface area contributed by atoms with Gasteiger partial charge in [0.25, 0.3) is 0 Å². The van der Waals surface area contributed by atoms with Gasteiger partial charge < -0.3 is 4.57 Å². The molecule has 0 saturated carbocycles. The number of aromatic nitrogens is 3. The molecule has 4 heteroatoms. The van der Waals surface area contributed by atoms with Crippen LogP contribution in [-0.4, -0.2) is 14.5 Å². The molecule has 0 aliphatic heterocycles. The predicted octanol–water partition coefficient (Wildman–Crippen LogP) is 12.6. The van der Waals surface area contributed by atoms with Crippen molar-refractivity contribution in [1.29, 1.82) is 0 Å². The first-order valence-electron chi connectivity index (χ1n) is 16.8. The number of hydrogen-bond donors (Lipinski definition) is 0. The molecule has 234 valence electrons. The summed E-state index contributed by atoms with van der Waals surface area (Å²) in [5, 5.41) is 3.67. The molecule has 10 aromatic rings. The molecule has 7 aromatic carbocycles. The van der Waals surface area contributed by atoms with Crippen LogP contribution in [0, 0.1) is 0 Å². The van der Waals surface area contributed by atoms with Crippen LogP contribution < -0.4 is 0 Å². The molecule has 0 aliphatic carbocycles. The van der Waals surface area contributed by atoms with Crippen molar-refractivity contribution in [3.63, 3.8) is 0 Å². The quantitative estimate of drug-likeness (QED) is 0.185. The Balaban J connectivity index is 1.21. The zero-order valence-electron chi connectivity index (χ0n) is 27.0. The molecular weight excluding hydrogens is 627 g/mol. The molecule has 0 fully saturated rings. The summed E-state index contributed by atoms with van der Waals surface area (Å²) in [6.07, 6.45) is 0. The van der Waals surface area contributed by atoms with Crippen LogP contribution >= 0.6 is 11.3 Å². The summed E-state index contributed by atoms with van der Waals surface area (Å²) in [7, 11) is 0. The minimum atomic E-state index is 0.718. The largest absolute Gasteiger partial charge is 0.309 e. The van der Waals surface area contributed by atoms with E-state index in [1.54, 1.807) is 11.3 Å². The molecule has 0 N–H and O–H groups in total. The van der Waals surface area contributed by atoms with E-state index < -0.39 is 0 Å². The Morgan fingerprint density at radius 3 is 1.64 bits per heavy atom. The Morgan fingerprint density at radius 1 is 0.440 bits per heavy atom. The second kappa shape index (κ2) is 11.7. The molecule has 0 radical (unpaired) electrons. The summed E-state index contributed by atoms with van der Waals surface area (Å²) in [4.78, 5) is 10.7. The zero-order valence-corrected chi connectivity index (χ0v) is 27.8. The molecule has 0 atom stereocenters. The fourth-order valence-electron chi connectivity index (χ4n) is 7.29. The smallest absolute Gasteiger partial charge is 0.160 e. The van der Waals surface area contributed by atoms with E-state index in [-0.39, 0.29) is 0 Å². The van der Waals surface area contributed by atoms with Gasteiger partial charge in [-0.05, 0) is 70.8 Å². The van der Waals surface area contributed by atoms with Crippen molar-refractivity contribution in [3.05, 3.63) is 176 Å². The van der Waals surface area contributed by atoms with E-state index in [0.29, 0.717) is 0 Å². The summed E-state index contributed by atoms with van der Waals surface area (Å²) in [6.45, 7) is 0. The SMILES string of the molecule is c1ccc(-c2cc(-c3ccccc3)c3c(c2)sc2c(-c4ccccc4)nc(-c4ccc(-n5c6ccccc6c6ccccc65)cc4)nc23)cc1. The Kier molecular flexibility index (Phi) is 6.68.